The highest BCUT2D eigenvalue weighted by Crippen LogP contribution is 2.19. The maximum Gasteiger partial charge on any atom is 0.500 e. The lowest BCUT2D eigenvalue weighted by atomic mass is 10.2. The Morgan fingerprint density at radius 1 is 0.840 bits per heavy atom. The Morgan fingerprint density at radius 3 is 1.96 bits per heavy atom. The lowest BCUT2D eigenvalue weighted by molar-refractivity contribution is 0.0283. The Labute approximate surface area is 154 Å². The van der Waals surface area contributed by atoms with E-state index in [1.165, 1.54) is 5.56 Å². The van der Waals surface area contributed by atoms with Gasteiger partial charge in [-0.3, -0.25) is 4.90 Å². The molecule has 0 bridgehead atoms. The van der Waals surface area contributed by atoms with Crippen LogP contribution in [0.2, 0.25) is 6.04 Å². The Bertz CT molecular complexity index is 416. The van der Waals surface area contributed by atoms with Crippen molar-refractivity contribution in [3.05, 3.63) is 35.9 Å². The fourth-order valence-electron chi connectivity index (χ4n) is 2.77. The SMILES string of the molecule is CCOCN(CCC[Si](OCC)(OCC)OCC)Cc1ccccc1. The average molecular weight is 370 g/mol. The van der Waals surface area contributed by atoms with Crippen molar-refractivity contribution < 1.29 is 18.0 Å². The molecule has 25 heavy (non-hydrogen) atoms. The molecule has 0 aliphatic rings. The molecular weight excluding hydrogens is 334 g/mol. The van der Waals surface area contributed by atoms with Gasteiger partial charge < -0.3 is 18.0 Å². The van der Waals surface area contributed by atoms with Gasteiger partial charge in [0.15, 0.2) is 0 Å². The summed E-state index contributed by atoms with van der Waals surface area (Å²) in [5.41, 5.74) is 1.30. The molecule has 0 aromatic heterocycles. The summed E-state index contributed by atoms with van der Waals surface area (Å²) in [6, 6.07) is 11.3. The van der Waals surface area contributed by atoms with Crippen LogP contribution >= 0.6 is 0 Å². The monoisotopic (exact) mass is 369 g/mol. The van der Waals surface area contributed by atoms with Gasteiger partial charge in [-0.15, -0.1) is 0 Å². The molecule has 0 aliphatic heterocycles. The van der Waals surface area contributed by atoms with Crippen molar-refractivity contribution >= 4 is 8.80 Å². The van der Waals surface area contributed by atoms with E-state index < -0.39 is 8.80 Å². The third kappa shape index (κ3) is 8.94. The summed E-state index contributed by atoms with van der Waals surface area (Å²) in [7, 11) is -2.55. The van der Waals surface area contributed by atoms with E-state index in [0.29, 0.717) is 26.6 Å². The van der Waals surface area contributed by atoms with Gasteiger partial charge in [0.25, 0.3) is 0 Å². The molecule has 1 aromatic rings. The predicted molar refractivity (Wildman–Crippen MR) is 103 cm³/mol. The van der Waals surface area contributed by atoms with E-state index in [-0.39, 0.29) is 0 Å². The third-order valence-electron chi connectivity index (χ3n) is 3.78. The van der Waals surface area contributed by atoms with Crippen LogP contribution in [0.15, 0.2) is 30.3 Å². The average Bonchev–Trinajstić information content (AvgIpc) is 2.61. The van der Waals surface area contributed by atoms with Gasteiger partial charge in [-0.25, -0.2) is 0 Å². The van der Waals surface area contributed by atoms with Gasteiger partial charge >= 0.3 is 8.80 Å². The number of hydrogen-bond donors (Lipinski definition) is 0. The van der Waals surface area contributed by atoms with Crippen molar-refractivity contribution in [3.63, 3.8) is 0 Å². The van der Waals surface area contributed by atoms with Crippen LogP contribution in [-0.4, -0.2) is 53.4 Å². The lowest BCUT2D eigenvalue weighted by Gasteiger charge is -2.29. The highest BCUT2D eigenvalue weighted by atomic mass is 28.4. The smallest absolute Gasteiger partial charge is 0.374 e. The molecule has 0 spiro atoms. The molecule has 0 fully saturated rings. The maximum absolute atomic E-state index is 5.94. The summed E-state index contributed by atoms with van der Waals surface area (Å²) in [6.07, 6.45) is 0.964. The molecule has 0 saturated carbocycles. The first kappa shape index (κ1) is 22.3. The summed E-state index contributed by atoms with van der Waals surface area (Å²) in [4.78, 5) is 2.32. The minimum absolute atomic E-state index is 0.624. The quantitative estimate of drug-likeness (QED) is 0.346. The molecular formula is C19H35NO4Si. The van der Waals surface area contributed by atoms with Crippen molar-refractivity contribution in [2.45, 2.75) is 46.7 Å². The normalized spacial score (nSPS) is 12.0. The highest BCUT2D eigenvalue weighted by Gasteiger charge is 2.39. The van der Waals surface area contributed by atoms with E-state index >= 15 is 0 Å². The summed E-state index contributed by atoms with van der Waals surface area (Å²) >= 11 is 0. The second-order valence-corrected chi connectivity index (χ2v) is 8.48. The minimum Gasteiger partial charge on any atom is -0.374 e. The van der Waals surface area contributed by atoms with E-state index in [2.05, 4.69) is 29.2 Å². The highest BCUT2D eigenvalue weighted by molar-refractivity contribution is 6.60. The topological polar surface area (TPSA) is 40.2 Å². The largest absolute Gasteiger partial charge is 0.500 e. The van der Waals surface area contributed by atoms with Crippen molar-refractivity contribution in [2.24, 2.45) is 0 Å². The summed E-state index contributed by atoms with van der Waals surface area (Å²) in [6.45, 7) is 13.1. The van der Waals surface area contributed by atoms with Gasteiger partial charge in [0, 0.05) is 45.6 Å². The Morgan fingerprint density at radius 2 is 1.44 bits per heavy atom. The molecule has 5 nitrogen and oxygen atoms in total. The standard InChI is InChI=1S/C19H35NO4Si/c1-5-21-18-20(17-19-13-10-9-11-14-19)15-12-16-25(22-6-2,23-7-3)24-8-4/h9-11,13-14H,5-8,12,15-18H2,1-4H3. The van der Waals surface area contributed by atoms with E-state index in [1.54, 1.807) is 0 Å². The molecule has 6 heteroatoms. The second kappa shape index (κ2) is 13.4. The molecule has 0 N–H and O–H groups in total. The van der Waals surface area contributed by atoms with Crippen LogP contribution in [0.4, 0.5) is 0 Å². The minimum atomic E-state index is -2.55. The molecule has 1 aromatic carbocycles. The van der Waals surface area contributed by atoms with Crippen LogP contribution < -0.4 is 0 Å². The van der Waals surface area contributed by atoms with E-state index in [0.717, 1.165) is 32.2 Å². The van der Waals surface area contributed by atoms with Crippen molar-refractivity contribution in [3.8, 4) is 0 Å². The van der Waals surface area contributed by atoms with Crippen LogP contribution in [0.5, 0.6) is 0 Å². The molecule has 0 amide bonds. The molecule has 0 atom stereocenters. The molecule has 0 heterocycles. The fourth-order valence-corrected chi connectivity index (χ4v) is 5.37. The number of rotatable bonds is 15. The fraction of sp³-hybridized carbons (Fsp3) is 0.684. The van der Waals surface area contributed by atoms with Crippen molar-refractivity contribution in [1.82, 2.24) is 4.90 Å². The Kier molecular flexibility index (Phi) is 12.0. The summed E-state index contributed by atoms with van der Waals surface area (Å²) in [5.74, 6) is 0. The number of ether oxygens (including phenoxy) is 1. The van der Waals surface area contributed by atoms with Gasteiger partial charge in [0.05, 0.1) is 6.73 Å². The lowest BCUT2D eigenvalue weighted by Crippen LogP contribution is -2.46. The number of benzene rings is 1. The molecule has 0 saturated heterocycles. The van der Waals surface area contributed by atoms with Crippen LogP contribution in [0.1, 0.15) is 39.7 Å². The first-order chi connectivity index (χ1) is 12.2. The molecule has 0 unspecified atom stereocenters. The zero-order valence-corrected chi connectivity index (χ0v) is 17.3. The zero-order valence-electron chi connectivity index (χ0n) is 16.3. The van der Waals surface area contributed by atoms with Crippen LogP contribution in [-0.2, 0) is 24.6 Å². The zero-order chi connectivity index (χ0) is 18.4. The van der Waals surface area contributed by atoms with Gasteiger partial charge in [-0.2, -0.15) is 0 Å². The molecule has 0 radical (unpaired) electrons. The van der Waals surface area contributed by atoms with Crippen molar-refractivity contribution in [2.75, 3.05) is 39.7 Å². The van der Waals surface area contributed by atoms with Gasteiger partial charge in [0.1, 0.15) is 0 Å². The first-order valence-electron chi connectivity index (χ1n) is 9.45. The number of nitrogens with zero attached hydrogens (tertiary/aromatic N) is 1. The van der Waals surface area contributed by atoms with Gasteiger partial charge in [-0.05, 0) is 39.7 Å². The number of hydrogen-bond acceptors (Lipinski definition) is 5. The Balaban J connectivity index is 2.60. The molecule has 0 aliphatic carbocycles. The molecule has 1 rings (SSSR count). The Hall–Kier alpha value is -0.763. The van der Waals surface area contributed by atoms with Gasteiger partial charge in [-0.1, -0.05) is 30.3 Å². The van der Waals surface area contributed by atoms with E-state index in [9.17, 15) is 0 Å². The van der Waals surface area contributed by atoms with Gasteiger partial charge in [0.2, 0.25) is 0 Å². The van der Waals surface area contributed by atoms with Crippen LogP contribution in [0.3, 0.4) is 0 Å². The third-order valence-corrected chi connectivity index (χ3v) is 6.93. The van der Waals surface area contributed by atoms with E-state index in [4.69, 9.17) is 18.0 Å². The summed E-state index contributed by atoms with van der Waals surface area (Å²) in [5, 5.41) is 0. The molecule has 144 valence electrons. The van der Waals surface area contributed by atoms with E-state index in [1.807, 2.05) is 33.8 Å². The van der Waals surface area contributed by atoms with Crippen LogP contribution in [0.25, 0.3) is 0 Å². The van der Waals surface area contributed by atoms with Crippen molar-refractivity contribution in [1.29, 1.82) is 0 Å². The van der Waals surface area contributed by atoms with Crippen LogP contribution in [0, 0.1) is 0 Å². The second-order valence-electron chi connectivity index (χ2n) is 5.75. The summed E-state index contributed by atoms with van der Waals surface area (Å²) < 4.78 is 23.4. The maximum atomic E-state index is 5.94. The first-order valence-corrected chi connectivity index (χ1v) is 11.4. The predicted octanol–water partition coefficient (Wildman–Crippen LogP) is 3.92.